The van der Waals surface area contributed by atoms with Crippen LogP contribution < -0.4 is 5.32 Å². The summed E-state index contributed by atoms with van der Waals surface area (Å²) < 4.78 is 0. The van der Waals surface area contributed by atoms with E-state index in [1.165, 1.54) is 0 Å². The van der Waals surface area contributed by atoms with E-state index in [0.717, 1.165) is 24.0 Å². The molecule has 1 N–H and O–H groups in total. The van der Waals surface area contributed by atoms with Gasteiger partial charge in [0.25, 0.3) is 5.91 Å². The third-order valence-electron chi connectivity index (χ3n) is 3.61. The second kappa shape index (κ2) is 5.66. The van der Waals surface area contributed by atoms with Crippen LogP contribution in [0.3, 0.4) is 0 Å². The van der Waals surface area contributed by atoms with Gasteiger partial charge in [0.05, 0.1) is 12.5 Å². The number of thiophene rings is 1. The van der Waals surface area contributed by atoms with Crippen molar-refractivity contribution in [3.63, 3.8) is 0 Å². The number of nitrogens with one attached hydrogen (secondary N) is 1. The van der Waals surface area contributed by atoms with E-state index in [4.69, 9.17) is 0 Å². The van der Waals surface area contributed by atoms with E-state index in [9.17, 15) is 9.59 Å². The number of hydrogen-bond donors (Lipinski definition) is 1. The number of rotatable bonds is 3. The maximum atomic E-state index is 12.0. The molecule has 2 heterocycles. The number of amides is 2. The van der Waals surface area contributed by atoms with E-state index in [-0.39, 0.29) is 23.9 Å². The van der Waals surface area contributed by atoms with Crippen molar-refractivity contribution in [3.05, 3.63) is 34.0 Å². The number of fused-ring (bicyclic) bond motifs is 1. The number of carbonyl (C=O) groups is 2. The summed E-state index contributed by atoms with van der Waals surface area (Å²) in [4.78, 5) is 23.2. The molecule has 6 heteroatoms. The Morgan fingerprint density at radius 2 is 2.35 bits per heavy atom. The molecule has 0 radical (unpaired) electrons. The van der Waals surface area contributed by atoms with Gasteiger partial charge in [0.15, 0.2) is 0 Å². The third-order valence-corrected chi connectivity index (χ3v) is 4.35. The fourth-order valence-electron chi connectivity index (χ4n) is 2.65. The van der Waals surface area contributed by atoms with Gasteiger partial charge < -0.3 is 5.32 Å². The molecule has 104 valence electrons. The first kappa shape index (κ1) is 13.2. The van der Waals surface area contributed by atoms with Crippen molar-refractivity contribution in [1.82, 2.24) is 5.32 Å². The molecule has 0 bridgehead atoms. The molecule has 1 aliphatic heterocycles. The van der Waals surface area contributed by atoms with Gasteiger partial charge in [-0.1, -0.05) is 0 Å². The summed E-state index contributed by atoms with van der Waals surface area (Å²) in [6.07, 6.45) is 4.40. The molecule has 2 aliphatic rings. The fourth-order valence-corrected chi connectivity index (χ4v) is 3.32. The van der Waals surface area contributed by atoms with Crippen LogP contribution in [0, 0.1) is 0 Å². The molecule has 0 saturated heterocycles. The Kier molecular flexibility index (Phi) is 3.73. The SMILES string of the molecule is O=C1C=C2CC(NC(=O)Cc3ccsc3)CCC2N=N1. The Morgan fingerprint density at radius 3 is 3.15 bits per heavy atom. The Bertz CT molecular complexity index is 577. The van der Waals surface area contributed by atoms with E-state index in [2.05, 4.69) is 15.5 Å². The topological polar surface area (TPSA) is 70.9 Å². The highest BCUT2D eigenvalue weighted by atomic mass is 32.1. The van der Waals surface area contributed by atoms with Gasteiger partial charge in [-0.05, 0) is 47.2 Å². The minimum atomic E-state index is -0.290. The van der Waals surface area contributed by atoms with Gasteiger partial charge in [-0.15, -0.1) is 5.11 Å². The molecular formula is C14H15N3O2S. The predicted octanol–water partition coefficient (Wildman–Crippen LogP) is 2.25. The number of azo groups is 1. The number of carbonyl (C=O) groups excluding carboxylic acids is 2. The van der Waals surface area contributed by atoms with Crippen LogP contribution >= 0.6 is 11.3 Å². The molecular weight excluding hydrogens is 274 g/mol. The number of nitrogens with zero attached hydrogens (tertiary/aromatic N) is 2. The molecule has 1 fully saturated rings. The molecule has 2 amide bonds. The molecule has 0 spiro atoms. The van der Waals surface area contributed by atoms with Gasteiger partial charge in [-0.3, -0.25) is 9.59 Å². The Morgan fingerprint density at radius 1 is 1.45 bits per heavy atom. The smallest absolute Gasteiger partial charge is 0.287 e. The number of hydrogen-bond acceptors (Lipinski definition) is 4. The zero-order chi connectivity index (χ0) is 13.9. The Hall–Kier alpha value is -1.82. The zero-order valence-corrected chi connectivity index (χ0v) is 11.7. The lowest BCUT2D eigenvalue weighted by molar-refractivity contribution is -0.121. The van der Waals surface area contributed by atoms with Crippen LogP contribution in [0.15, 0.2) is 38.7 Å². The predicted molar refractivity (Wildman–Crippen MR) is 75.5 cm³/mol. The van der Waals surface area contributed by atoms with Crippen molar-refractivity contribution in [1.29, 1.82) is 0 Å². The van der Waals surface area contributed by atoms with E-state index in [1.54, 1.807) is 17.4 Å². The molecule has 1 aliphatic carbocycles. The Labute approximate surface area is 120 Å². The van der Waals surface area contributed by atoms with Crippen LogP contribution in [0.2, 0.25) is 0 Å². The van der Waals surface area contributed by atoms with Crippen LogP contribution in [0.5, 0.6) is 0 Å². The van der Waals surface area contributed by atoms with Gasteiger partial charge >= 0.3 is 0 Å². The average molecular weight is 289 g/mol. The van der Waals surface area contributed by atoms with E-state index < -0.39 is 0 Å². The molecule has 3 rings (SSSR count). The standard InChI is InChI=1S/C14H15N3O2S/c18-13(5-9-3-4-20-8-9)15-11-1-2-12-10(6-11)7-14(19)17-16-12/h3-4,7-8,11-12H,1-2,5-6H2,(H,15,18). The fraction of sp³-hybridized carbons (Fsp3) is 0.429. The van der Waals surface area contributed by atoms with Crippen molar-refractivity contribution in [2.24, 2.45) is 10.2 Å². The van der Waals surface area contributed by atoms with Gasteiger partial charge in [-0.2, -0.15) is 16.5 Å². The normalized spacial score (nSPS) is 25.0. The molecule has 20 heavy (non-hydrogen) atoms. The van der Waals surface area contributed by atoms with Crippen molar-refractivity contribution in [2.75, 3.05) is 0 Å². The second-order valence-electron chi connectivity index (χ2n) is 5.14. The first-order valence-electron chi connectivity index (χ1n) is 6.66. The summed E-state index contributed by atoms with van der Waals surface area (Å²) in [5.74, 6) is -0.252. The summed E-state index contributed by atoms with van der Waals surface area (Å²) in [7, 11) is 0. The van der Waals surface area contributed by atoms with Crippen molar-refractivity contribution >= 4 is 23.2 Å². The lowest BCUT2D eigenvalue weighted by Gasteiger charge is -2.30. The molecule has 5 nitrogen and oxygen atoms in total. The van der Waals surface area contributed by atoms with Crippen molar-refractivity contribution in [2.45, 2.75) is 37.8 Å². The van der Waals surface area contributed by atoms with Gasteiger partial charge in [-0.25, -0.2) is 0 Å². The van der Waals surface area contributed by atoms with Gasteiger partial charge in [0.2, 0.25) is 5.91 Å². The van der Waals surface area contributed by atoms with Crippen molar-refractivity contribution < 1.29 is 9.59 Å². The maximum Gasteiger partial charge on any atom is 0.287 e. The first-order valence-corrected chi connectivity index (χ1v) is 7.61. The monoisotopic (exact) mass is 289 g/mol. The van der Waals surface area contributed by atoms with E-state index in [0.29, 0.717) is 12.8 Å². The van der Waals surface area contributed by atoms with Gasteiger partial charge in [0.1, 0.15) is 0 Å². The third kappa shape index (κ3) is 3.01. The molecule has 1 saturated carbocycles. The quantitative estimate of drug-likeness (QED) is 0.927. The summed E-state index contributed by atoms with van der Waals surface area (Å²) in [6.45, 7) is 0. The molecule has 1 aromatic heterocycles. The minimum absolute atomic E-state index is 0.0382. The second-order valence-corrected chi connectivity index (χ2v) is 5.92. The van der Waals surface area contributed by atoms with E-state index >= 15 is 0 Å². The van der Waals surface area contributed by atoms with Crippen LogP contribution in [-0.2, 0) is 16.0 Å². The summed E-state index contributed by atoms with van der Waals surface area (Å²) in [5, 5.41) is 14.6. The highest BCUT2D eigenvalue weighted by Gasteiger charge is 2.29. The molecule has 2 atom stereocenters. The summed E-state index contributed by atoms with van der Waals surface area (Å²) >= 11 is 1.59. The summed E-state index contributed by atoms with van der Waals surface area (Å²) in [6, 6.07) is 2.10. The first-order chi connectivity index (χ1) is 9.70. The molecule has 1 aromatic rings. The molecule has 2 unspecified atom stereocenters. The zero-order valence-electron chi connectivity index (χ0n) is 10.9. The highest BCUT2D eigenvalue weighted by molar-refractivity contribution is 7.07. The largest absolute Gasteiger partial charge is 0.353 e. The molecule has 0 aromatic carbocycles. The Balaban J connectivity index is 1.56. The summed E-state index contributed by atoms with van der Waals surface area (Å²) in [5.41, 5.74) is 2.04. The average Bonchev–Trinajstić information content (AvgIpc) is 2.91. The van der Waals surface area contributed by atoms with Crippen LogP contribution in [0.1, 0.15) is 24.8 Å². The minimum Gasteiger partial charge on any atom is -0.353 e. The van der Waals surface area contributed by atoms with Crippen LogP contribution in [0.4, 0.5) is 0 Å². The highest BCUT2D eigenvalue weighted by Crippen LogP contribution is 2.29. The maximum absolute atomic E-state index is 12.0. The van der Waals surface area contributed by atoms with E-state index in [1.807, 2.05) is 16.8 Å². The van der Waals surface area contributed by atoms with Crippen LogP contribution in [-0.4, -0.2) is 23.9 Å². The van der Waals surface area contributed by atoms with Gasteiger partial charge in [0, 0.05) is 12.1 Å². The lowest BCUT2D eigenvalue weighted by Crippen LogP contribution is -2.40. The lowest BCUT2D eigenvalue weighted by atomic mass is 9.86. The van der Waals surface area contributed by atoms with Crippen molar-refractivity contribution in [3.8, 4) is 0 Å². The van der Waals surface area contributed by atoms with Crippen LogP contribution in [0.25, 0.3) is 0 Å².